The van der Waals surface area contributed by atoms with Crippen LogP contribution in [0.5, 0.6) is 0 Å². The number of guanidine groups is 1. The van der Waals surface area contributed by atoms with E-state index in [0.29, 0.717) is 0 Å². The zero-order valence-corrected chi connectivity index (χ0v) is 11.5. The van der Waals surface area contributed by atoms with Gasteiger partial charge in [0.25, 0.3) is 0 Å². The molecular formula is C11H18N6S. The molecule has 0 fully saturated rings. The fraction of sp³-hybridized carbons (Fsp3) is 0.545. The predicted molar refractivity (Wildman–Crippen MR) is 74.0 cm³/mol. The van der Waals surface area contributed by atoms with Gasteiger partial charge in [-0.15, -0.1) is 4.99 Å². The summed E-state index contributed by atoms with van der Waals surface area (Å²) >= 11 is 1.79. The molecule has 0 atom stereocenters. The minimum Gasteiger partial charge on any atom is -0.369 e. The van der Waals surface area contributed by atoms with Gasteiger partial charge in [0.1, 0.15) is 0 Å². The Balaban J connectivity index is 2.31. The molecule has 7 heteroatoms. The van der Waals surface area contributed by atoms with Gasteiger partial charge in [-0.05, 0) is 13.8 Å². The van der Waals surface area contributed by atoms with Gasteiger partial charge in [0.2, 0.25) is 12.2 Å². The zero-order chi connectivity index (χ0) is 13.4. The van der Waals surface area contributed by atoms with Gasteiger partial charge in [0, 0.05) is 30.3 Å². The van der Waals surface area contributed by atoms with E-state index in [4.69, 9.17) is 11.0 Å². The summed E-state index contributed by atoms with van der Waals surface area (Å²) in [5.74, 6) is 2.08. The lowest BCUT2D eigenvalue weighted by Gasteiger charge is -2.20. The summed E-state index contributed by atoms with van der Waals surface area (Å²) in [6.07, 6.45) is 3.41. The summed E-state index contributed by atoms with van der Waals surface area (Å²) < 4.78 is 0. The van der Waals surface area contributed by atoms with E-state index in [9.17, 15) is 0 Å². The Labute approximate surface area is 111 Å². The second kappa shape index (κ2) is 7.61. The molecule has 6 nitrogen and oxygen atoms in total. The van der Waals surface area contributed by atoms with Crippen molar-refractivity contribution in [1.29, 1.82) is 5.26 Å². The van der Waals surface area contributed by atoms with Crippen LogP contribution in [0.2, 0.25) is 0 Å². The molecule has 0 aliphatic carbocycles. The third kappa shape index (κ3) is 4.30. The van der Waals surface area contributed by atoms with E-state index < -0.39 is 0 Å². The molecular weight excluding hydrogens is 248 g/mol. The molecule has 0 saturated heterocycles. The third-order valence-corrected chi connectivity index (χ3v) is 3.50. The number of hydrogen-bond donors (Lipinski definition) is 2. The first kappa shape index (κ1) is 14.4. The van der Waals surface area contributed by atoms with E-state index >= 15 is 0 Å². The molecule has 0 saturated carbocycles. The van der Waals surface area contributed by atoms with Crippen molar-refractivity contribution in [2.24, 2.45) is 10.7 Å². The Morgan fingerprint density at radius 1 is 1.72 bits per heavy atom. The van der Waals surface area contributed by atoms with Crippen LogP contribution in [0.3, 0.4) is 0 Å². The number of nitrogens with two attached hydrogens (primary N) is 1. The largest absolute Gasteiger partial charge is 0.369 e. The zero-order valence-electron chi connectivity index (χ0n) is 10.7. The number of H-pyrrole nitrogens is 1. The van der Waals surface area contributed by atoms with Crippen LogP contribution in [0.1, 0.15) is 18.3 Å². The molecule has 1 aromatic heterocycles. The van der Waals surface area contributed by atoms with E-state index in [1.54, 1.807) is 24.3 Å². The van der Waals surface area contributed by atoms with Gasteiger partial charge in [-0.1, -0.05) is 0 Å². The molecule has 0 spiro atoms. The SMILES string of the molecule is CCN(CCSCc1nc[nH]c1C)C(N)=NC#N. The Morgan fingerprint density at radius 2 is 2.50 bits per heavy atom. The Hall–Kier alpha value is -1.68. The number of aryl methyl sites for hydroxylation is 1. The summed E-state index contributed by atoms with van der Waals surface area (Å²) in [5, 5.41) is 8.45. The maximum Gasteiger partial charge on any atom is 0.209 e. The molecule has 3 N–H and O–H groups in total. The van der Waals surface area contributed by atoms with E-state index in [0.717, 1.165) is 36.0 Å². The monoisotopic (exact) mass is 266 g/mol. The number of nitrogens with one attached hydrogen (secondary N) is 1. The Morgan fingerprint density at radius 3 is 3.06 bits per heavy atom. The number of nitriles is 1. The van der Waals surface area contributed by atoms with Gasteiger partial charge in [-0.2, -0.15) is 17.0 Å². The number of hydrogen-bond acceptors (Lipinski definition) is 4. The lowest BCUT2D eigenvalue weighted by Crippen LogP contribution is -2.38. The number of aliphatic imine (C=N–C) groups is 1. The van der Waals surface area contributed by atoms with Crippen molar-refractivity contribution in [1.82, 2.24) is 14.9 Å². The number of aromatic nitrogens is 2. The van der Waals surface area contributed by atoms with Crippen molar-refractivity contribution in [2.75, 3.05) is 18.8 Å². The summed E-state index contributed by atoms with van der Waals surface area (Å²) in [4.78, 5) is 12.7. The van der Waals surface area contributed by atoms with E-state index in [1.807, 2.05) is 18.7 Å². The predicted octanol–water partition coefficient (Wildman–Crippen LogP) is 1.07. The van der Waals surface area contributed by atoms with Crippen LogP contribution in [0.25, 0.3) is 0 Å². The van der Waals surface area contributed by atoms with Gasteiger partial charge >= 0.3 is 0 Å². The summed E-state index contributed by atoms with van der Waals surface area (Å²) in [6.45, 7) is 5.53. The minimum atomic E-state index is 0.288. The summed E-state index contributed by atoms with van der Waals surface area (Å²) in [7, 11) is 0. The number of imidazole rings is 1. The van der Waals surface area contributed by atoms with Gasteiger partial charge in [-0.3, -0.25) is 0 Å². The molecule has 0 bridgehead atoms. The van der Waals surface area contributed by atoms with Gasteiger partial charge in [0.05, 0.1) is 12.0 Å². The first-order valence-corrected chi connectivity index (χ1v) is 6.88. The highest BCUT2D eigenvalue weighted by molar-refractivity contribution is 7.98. The Bertz CT molecular complexity index is 433. The maximum absolute atomic E-state index is 8.45. The van der Waals surface area contributed by atoms with Crippen molar-refractivity contribution in [3.8, 4) is 6.19 Å². The van der Waals surface area contributed by atoms with Gasteiger partial charge in [-0.25, -0.2) is 4.98 Å². The highest BCUT2D eigenvalue weighted by Gasteiger charge is 2.06. The molecule has 18 heavy (non-hydrogen) atoms. The standard InChI is InChI=1S/C11H18N6S/c1-3-17(11(13)14-7-12)4-5-18-6-10-9(2)15-8-16-10/h8H,3-6H2,1-2H3,(H2,13,14)(H,15,16). The molecule has 1 aromatic rings. The van der Waals surface area contributed by atoms with E-state index in [-0.39, 0.29) is 5.96 Å². The molecule has 0 radical (unpaired) electrons. The molecule has 0 aliphatic heterocycles. The average molecular weight is 266 g/mol. The highest BCUT2D eigenvalue weighted by atomic mass is 32.2. The number of thioether (sulfide) groups is 1. The van der Waals surface area contributed by atoms with Crippen molar-refractivity contribution in [2.45, 2.75) is 19.6 Å². The molecule has 0 unspecified atom stereocenters. The molecule has 1 heterocycles. The first-order chi connectivity index (χ1) is 8.69. The molecule has 98 valence electrons. The molecule has 0 aliphatic rings. The second-order valence-corrected chi connectivity index (χ2v) is 4.78. The number of rotatable bonds is 6. The van der Waals surface area contributed by atoms with Crippen molar-refractivity contribution in [3.05, 3.63) is 17.7 Å². The van der Waals surface area contributed by atoms with Crippen LogP contribution in [-0.2, 0) is 5.75 Å². The lowest BCUT2D eigenvalue weighted by molar-refractivity contribution is 0.464. The minimum absolute atomic E-state index is 0.288. The van der Waals surface area contributed by atoms with Gasteiger partial charge < -0.3 is 15.6 Å². The first-order valence-electron chi connectivity index (χ1n) is 5.72. The average Bonchev–Trinajstić information content (AvgIpc) is 2.75. The highest BCUT2D eigenvalue weighted by Crippen LogP contribution is 2.12. The van der Waals surface area contributed by atoms with Crippen LogP contribution in [0, 0.1) is 18.4 Å². The quantitative estimate of drug-likeness (QED) is 0.347. The summed E-state index contributed by atoms with van der Waals surface area (Å²) in [5.41, 5.74) is 7.86. The van der Waals surface area contributed by atoms with Crippen LogP contribution in [0.15, 0.2) is 11.3 Å². The topological polar surface area (TPSA) is 94.1 Å². The number of aromatic amines is 1. The lowest BCUT2D eigenvalue weighted by atomic mass is 10.4. The normalized spacial score (nSPS) is 11.3. The number of nitrogens with zero attached hydrogens (tertiary/aromatic N) is 4. The van der Waals surface area contributed by atoms with Crippen LogP contribution >= 0.6 is 11.8 Å². The molecule has 0 aromatic carbocycles. The van der Waals surface area contributed by atoms with Crippen molar-refractivity contribution in [3.63, 3.8) is 0 Å². The van der Waals surface area contributed by atoms with Crippen LogP contribution in [0.4, 0.5) is 0 Å². The fourth-order valence-electron chi connectivity index (χ4n) is 1.43. The van der Waals surface area contributed by atoms with Crippen molar-refractivity contribution < 1.29 is 0 Å². The second-order valence-electron chi connectivity index (χ2n) is 3.68. The van der Waals surface area contributed by atoms with Crippen LogP contribution < -0.4 is 5.73 Å². The van der Waals surface area contributed by atoms with Crippen LogP contribution in [-0.4, -0.2) is 39.7 Å². The summed E-state index contributed by atoms with van der Waals surface area (Å²) in [6, 6.07) is 0. The Kier molecular flexibility index (Phi) is 6.08. The molecule has 1 rings (SSSR count). The van der Waals surface area contributed by atoms with E-state index in [1.165, 1.54) is 0 Å². The fourth-order valence-corrected chi connectivity index (χ4v) is 2.41. The smallest absolute Gasteiger partial charge is 0.209 e. The third-order valence-electron chi connectivity index (χ3n) is 2.55. The molecule has 0 amide bonds. The van der Waals surface area contributed by atoms with Gasteiger partial charge in [0.15, 0.2) is 0 Å². The van der Waals surface area contributed by atoms with E-state index in [2.05, 4.69) is 15.0 Å². The maximum atomic E-state index is 8.45. The van der Waals surface area contributed by atoms with Crippen molar-refractivity contribution >= 4 is 17.7 Å².